The van der Waals surface area contributed by atoms with Gasteiger partial charge in [-0.1, -0.05) is 17.7 Å². The van der Waals surface area contributed by atoms with Crippen LogP contribution in [0.4, 0.5) is 20.2 Å². The van der Waals surface area contributed by atoms with Crippen LogP contribution >= 0.6 is 0 Å². The van der Waals surface area contributed by atoms with Crippen LogP contribution in [0.1, 0.15) is 5.56 Å². The van der Waals surface area contributed by atoms with Gasteiger partial charge in [0.05, 0.1) is 22.6 Å². The number of hydrogen-bond donors (Lipinski definition) is 0. The minimum Gasteiger partial charge on any atom is -0.755 e. The molecule has 0 N–H and O–H groups in total. The summed E-state index contributed by atoms with van der Waals surface area (Å²) in [6.07, 6.45) is 0. The lowest BCUT2D eigenvalue weighted by Crippen LogP contribution is -2.20. The van der Waals surface area contributed by atoms with E-state index < -0.39 is 22.9 Å². The van der Waals surface area contributed by atoms with Gasteiger partial charge in [-0.3, -0.25) is 8.51 Å². The zero-order chi connectivity index (χ0) is 14.0. The highest BCUT2D eigenvalue weighted by molar-refractivity contribution is 7.81. The van der Waals surface area contributed by atoms with E-state index in [1.165, 1.54) is 12.1 Å². The van der Waals surface area contributed by atoms with Crippen LogP contribution in [0.2, 0.25) is 0 Å². The Kier molecular flexibility index (Phi) is 3.92. The highest BCUT2D eigenvalue weighted by Crippen LogP contribution is 2.29. The van der Waals surface area contributed by atoms with E-state index in [4.69, 9.17) is 0 Å². The van der Waals surface area contributed by atoms with Gasteiger partial charge in [0.15, 0.2) is 0 Å². The van der Waals surface area contributed by atoms with E-state index in [0.29, 0.717) is 4.31 Å². The molecule has 0 heterocycles. The maximum absolute atomic E-state index is 13.7. The largest absolute Gasteiger partial charge is 0.755 e. The second kappa shape index (κ2) is 5.46. The molecule has 19 heavy (non-hydrogen) atoms. The molecule has 0 amide bonds. The molecule has 0 aromatic heterocycles. The van der Waals surface area contributed by atoms with Gasteiger partial charge < -0.3 is 4.55 Å². The molecule has 0 saturated carbocycles. The predicted molar refractivity (Wildman–Crippen MR) is 68.6 cm³/mol. The molecule has 2 rings (SSSR count). The highest BCUT2D eigenvalue weighted by Gasteiger charge is 2.15. The zero-order valence-electron chi connectivity index (χ0n) is 9.97. The first-order valence-electron chi connectivity index (χ1n) is 5.40. The molecular weight excluding hydrogens is 272 g/mol. The standard InChI is InChI=1S/C13H11F2NO2S/c1-9-2-5-11(6-3-9)16(19(17)18)13-8-10(14)4-7-12(13)15/h2-8H,1H3,(H,17,18)/p-1. The third-order valence-electron chi connectivity index (χ3n) is 2.54. The molecule has 0 bridgehead atoms. The molecule has 0 radical (unpaired) electrons. The Bertz CT molecular complexity index is 617. The summed E-state index contributed by atoms with van der Waals surface area (Å²) >= 11 is -2.75. The van der Waals surface area contributed by atoms with Gasteiger partial charge in [-0.15, -0.1) is 0 Å². The topological polar surface area (TPSA) is 43.4 Å². The lowest BCUT2D eigenvalue weighted by Gasteiger charge is -2.26. The number of nitrogens with zero attached hydrogens (tertiary/aromatic N) is 1. The first kappa shape index (κ1) is 13.6. The van der Waals surface area contributed by atoms with E-state index in [1.54, 1.807) is 12.1 Å². The molecule has 100 valence electrons. The molecule has 3 nitrogen and oxygen atoms in total. The Morgan fingerprint density at radius 2 is 1.74 bits per heavy atom. The lowest BCUT2D eigenvalue weighted by atomic mass is 10.2. The van der Waals surface area contributed by atoms with Crippen molar-refractivity contribution in [2.75, 3.05) is 4.31 Å². The van der Waals surface area contributed by atoms with Gasteiger partial charge in [-0.05, 0) is 31.2 Å². The van der Waals surface area contributed by atoms with Crippen molar-refractivity contribution in [3.63, 3.8) is 0 Å². The second-order valence-corrected chi connectivity index (χ2v) is 4.74. The number of rotatable bonds is 3. The fourth-order valence-corrected chi connectivity index (χ4v) is 2.22. The van der Waals surface area contributed by atoms with Crippen molar-refractivity contribution in [2.24, 2.45) is 0 Å². The van der Waals surface area contributed by atoms with Crippen LogP contribution in [0.5, 0.6) is 0 Å². The highest BCUT2D eigenvalue weighted by atomic mass is 32.2. The van der Waals surface area contributed by atoms with Crippen molar-refractivity contribution in [2.45, 2.75) is 6.92 Å². The monoisotopic (exact) mass is 282 g/mol. The normalized spacial score (nSPS) is 12.2. The minimum atomic E-state index is -2.75. The van der Waals surface area contributed by atoms with E-state index in [0.717, 1.165) is 23.8 Å². The summed E-state index contributed by atoms with van der Waals surface area (Å²) < 4.78 is 50.1. The average Bonchev–Trinajstić information content (AvgIpc) is 2.36. The summed E-state index contributed by atoms with van der Waals surface area (Å²) in [5.41, 5.74) is 0.820. The number of benzene rings is 2. The SMILES string of the molecule is Cc1ccc(N(c2cc(F)ccc2F)S(=O)[O-])cc1. The van der Waals surface area contributed by atoms with Crippen LogP contribution in [0, 0.1) is 18.6 Å². The number of anilines is 2. The van der Waals surface area contributed by atoms with E-state index in [2.05, 4.69) is 0 Å². The van der Waals surface area contributed by atoms with Crippen molar-refractivity contribution in [1.82, 2.24) is 0 Å². The third-order valence-corrected chi connectivity index (χ3v) is 3.25. The molecule has 0 aliphatic rings. The minimum absolute atomic E-state index is 0.239. The number of halogens is 2. The van der Waals surface area contributed by atoms with Crippen LogP contribution < -0.4 is 4.31 Å². The maximum atomic E-state index is 13.7. The second-order valence-electron chi connectivity index (χ2n) is 3.94. The van der Waals surface area contributed by atoms with Gasteiger partial charge in [0.1, 0.15) is 11.6 Å². The Labute approximate surface area is 111 Å². The molecule has 0 aliphatic heterocycles. The number of aryl methyl sites for hydroxylation is 1. The summed E-state index contributed by atoms with van der Waals surface area (Å²) in [4.78, 5) is 0. The molecular formula is C13H10F2NO2S-. The van der Waals surface area contributed by atoms with Crippen LogP contribution in [0.3, 0.4) is 0 Å². The molecule has 0 aliphatic carbocycles. The smallest absolute Gasteiger partial charge is 0.148 e. The molecule has 2 aromatic carbocycles. The molecule has 1 unspecified atom stereocenters. The van der Waals surface area contributed by atoms with E-state index in [-0.39, 0.29) is 11.4 Å². The molecule has 6 heteroatoms. The summed E-state index contributed by atoms with van der Waals surface area (Å²) in [7, 11) is 0. The van der Waals surface area contributed by atoms with Gasteiger partial charge in [0.25, 0.3) is 0 Å². The third kappa shape index (κ3) is 2.97. The quantitative estimate of drug-likeness (QED) is 0.811. The van der Waals surface area contributed by atoms with Crippen molar-refractivity contribution in [3.05, 3.63) is 59.7 Å². The van der Waals surface area contributed by atoms with Crippen molar-refractivity contribution in [1.29, 1.82) is 0 Å². The molecule has 0 spiro atoms. The van der Waals surface area contributed by atoms with Crippen LogP contribution in [-0.2, 0) is 11.3 Å². The fraction of sp³-hybridized carbons (Fsp3) is 0.0769. The van der Waals surface area contributed by atoms with Gasteiger partial charge in [0, 0.05) is 6.07 Å². The molecule has 0 saturated heterocycles. The molecule has 1 atom stereocenters. The molecule has 2 aromatic rings. The fourth-order valence-electron chi connectivity index (χ4n) is 1.63. The Morgan fingerprint density at radius 3 is 2.32 bits per heavy atom. The van der Waals surface area contributed by atoms with Gasteiger partial charge in [-0.2, -0.15) is 0 Å². The predicted octanol–water partition coefficient (Wildman–Crippen LogP) is 3.21. The Hall–Kier alpha value is -1.79. The Balaban J connectivity index is 2.54. The van der Waals surface area contributed by atoms with Crippen molar-refractivity contribution in [3.8, 4) is 0 Å². The van der Waals surface area contributed by atoms with E-state index in [9.17, 15) is 17.5 Å². The maximum Gasteiger partial charge on any atom is 0.148 e. The van der Waals surface area contributed by atoms with Crippen LogP contribution in [0.15, 0.2) is 42.5 Å². The summed E-state index contributed by atoms with van der Waals surface area (Å²) in [6, 6.07) is 9.08. The zero-order valence-corrected chi connectivity index (χ0v) is 10.8. The van der Waals surface area contributed by atoms with Gasteiger partial charge in [0.2, 0.25) is 0 Å². The van der Waals surface area contributed by atoms with Crippen LogP contribution in [-0.4, -0.2) is 8.76 Å². The lowest BCUT2D eigenvalue weighted by molar-refractivity contribution is 0.535. The van der Waals surface area contributed by atoms with Gasteiger partial charge >= 0.3 is 0 Å². The Morgan fingerprint density at radius 1 is 1.11 bits per heavy atom. The summed E-state index contributed by atoms with van der Waals surface area (Å²) in [5, 5.41) is 0. The summed E-state index contributed by atoms with van der Waals surface area (Å²) in [6.45, 7) is 1.84. The van der Waals surface area contributed by atoms with Crippen molar-refractivity contribution >= 4 is 22.6 Å². The first-order valence-corrected chi connectivity index (χ1v) is 6.43. The summed E-state index contributed by atoms with van der Waals surface area (Å²) in [5.74, 6) is -1.52. The first-order chi connectivity index (χ1) is 8.99. The average molecular weight is 282 g/mol. The van der Waals surface area contributed by atoms with Crippen LogP contribution in [0.25, 0.3) is 0 Å². The van der Waals surface area contributed by atoms with Gasteiger partial charge in [-0.25, -0.2) is 8.78 Å². The van der Waals surface area contributed by atoms with Crippen molar-refractivity contribution < 1.29 is 17.5 Å². The number of hydrogen-bond acceptors (Lipinski definition) is 2. The molecule has 0 fully saturated rings. The van der Waals surface area contributed by atoms with E-state index in [1.807, 2.05) is 6.92 Å². The van der Waals surface area contributed by atoms with E-state index >= 15 is 0 Å².